The topological polar surface area (TPSA) is 91.4 Å². The van der Waals surface area contributed by atoms with Gasteiger partial charge in [-0.05, 0) is 31.2 Å². The first-order chi connectivity index (χ1) is 11.5. The van der Waals surface area contributed by atoms with Gasteiger partial charge in [-0.3, -0.25) is 9.10 Å². The van der Waals surface area contributed by atoms with E-state index in [9.17, 15) is 13.2 Å². The third-order valence-electron chi connectivity index (χ3n) is 3.36. The number of carbonyl (C=O) groups is 1. The summed E-state index contributed by atoms with van der Waals surface area (Å²) in [6, 6.07) is 11.9. The molecule has 0 unspecified atom stereocenters. The van der Waals surface area contributed by atoms with E-state index in [-0.39, 0.29) is 17.3 Å². The molecule has 1 aromatic heterocycles. The van der Waals surface area contributed by atoms with Crippen molar-refractivity contribution in [2.75, 3.05) is 29.8 Å². The molecule has 0 saturated carbocycles. The summed E-state index contributed by atoms with van der Waals surface area (Å²) >= 11 is 0. The van der Waals surface area contributed by atoms with Crippen molar-refractivity contribution in [1.82, 2.24) is 10.3 Å². The molecule has 0 radical (unpaired) electrons. The Morgan fingerprint density at radius 1 is 1.17 bits per heavy atom. The molecular weight excluding hydrogens is 328 g/mol. The summed E-state index contributed by atoms with van der Waals surface area (Å²) in [5, 5.41) is 5.30. The predicted molar refractivity (Wildman–Crippen MR) is 93.4 cm³/mol. The lowest BCUT2D eigenvalue weighted by molar-refractivity contribution is -0.118. The number of anilines is 2. The van der Waals surface area contributed by atoms with Crippen LogP contribution in [0.15, 0.2) is 53.6 Å². The third kappa shape index (κ3) is 4.02. The molecule has 24 heavy (non-hydrogen) atoms. The van der Waals surface area contributed by atoms with E-state index < -0.39 is 10.0 Å². The number of benzene rings is 1. The van der Waals surface area contributed by atoms with E-state index in [0.717, 1.165) is 0 Å². The van der Waals surface area contributed by atoms with Gasteiger partial charge in [-0.2, -0.15) is 0 Å². The fraction of sp³-hybridized carbons (Fsp3) is 0.250. The van der Waals surface area contributed by atoms with Gasteiger partial charge >= 0.3 is 0 Å². The van der Waals surface area contributed by atoms with Gasteiger partial charge in [-0.1, -0.05) is 18.2 Å². The Bertz CT molecular complexity index is 777. The van der Waals surface area contributed by atoms with Crippen molar-refractivity contribution >= 4 is 27.4 Å². The summed E-state index contributed by atoms with van der Waals surface area (Å²) in [5.41, 5.74) is 0.599. The fourth-order valence-electron chi connectivity index (χ4n) is 2.11. The smallest absolute Gasteiger partial charge is 0.265 e. The maximum Gasteiger partial charge on any atom is 0.265 e. The van der Waals surface area contributed by atoms with E-state index in [4.69, 9.17) is 0 Å². The SMILES string of the molecule is CCN(c1ccccc1)S(=O)(=O)c1ccc(NCC(=O)NC)nc1. The Kier molecular flexibility index (Phi) is 5.75. The molecule has 128 valence electrons. The van der Waals surface area contributed by atoms with Crippen LogP contribution in [0.4, 0.5) is 11.5 Å². The van der Waals surface area contributed by atoms with Crippen LogP contribution in [0.5, 0.6) is 0 Å². The van der Waals surface area contributed by atoms with Gasteiger partial charge in [0.25, 0.3) is 10.0 Å². The van der Waals surface area contributed by atoms with Crippen molar-refractivity contribution in [3.63, 3.8) is 0 Å². The van der Waals surface area contributed by atoms with Crippen LogP contribution < -0.4 is 14.9 Å². The highest BCUT2D eigenvalue weighted by molar-refractivity contribution is 7.92. The van der Waals surface area contributed by atoms with E-state index >= 15 is 0 Å². The zero-order valence-corrected chi connectivity index (χ0v) is 14.4. The molecule has 1 heterocycles. The molecule has 2 aromatic rings. The van der Waals surface area contributed by atoms with Gasteiger partial charge in [0, 0.05) is 19.8 Å². The fourth-order valence-corrected chi connectivity index (χ4v) is 3.53. The van der Waals surface area contributed by atoms with Gasteiger partial charge in [0.1, 0.15) is 10.7 Å². The van der Waals surface area contributed by atoms with Crippen LogP contribution >= 0.6 is 0 Å². The first-order valence-electron chi connectivity index (χ1n) is 7.47. The number of hydrogen-bond acceptors (Lipinski definition) is 5. The van der Waals surface area contributed by atoms with E-state index in [1.165, 1.54) is 29.7 Å². The largest absolute Gasteiger partial charge is 0.361 e. The molecule has 8 heteroatoms. The maximum atomic E-state index is 12.8. The molecule has 1 amide bonds. The summed E-state index contributed by atoms with van der Waals surface area (Å²) in [7, 11) is -2.16. The first-order valence-corrected chi connectivity index (χ1v) is 8.91. The Morgan fingerprint density at radius 3 is 2.42 bits per heavy atom. The van der Waals surface area contributed by atoms with Crippen molar-refractivity contribution < 1.29 is 13.2 Å². The molecule has 0 saturated heterocycles. The van der Waals surface area contributed by atoms with Gasteiger partial charge in [-0.25, -0.2) is 13.4 Å². The number of pyridine rings is 1. The lowest BCUT2D eigenvalue weighted by Gasteiger charge is -2.22. The zero-order chi connectivity index (χ0) is 17.6. The first kappa shape index (κ1) is 17.7. The Morgan fingerprint density at radius 2 is 1.88 bits per heavy atom. The summed E-state index contributed by atoms with van der Waals surface area (Å²) in [5.74, 6) is 0.245. The summed E-state index contributed by atoms with van der Waals surface area (Å²) in [6.45, 7) is 2.15. The Balaban J connectivity index is 2.21. The van der Waals surface area contributed by atoms with E-state index in [0.29, 0.717) is 18.1 Å². The van der Waals surface area contributed by atoms with Crippen LogP contribution in [0.2, 0.25) is 0 Å². The second-order valence-electron chi connectivity index (χ2n) is 4.91. The Hall–Kier alpha value is -2.61. The minimum Gasteiger partial charge on any atom is -0.361 e. The van der Waals surface area contributed by atoms with Gasteiger partial charge in [-0.15, -0.1) is 0 Å². The molecule has 0 aliphatic heterocycles. The number of carbonyl (C=O) groups excluding carboxylic acids is 1. The molecule has 0 atom stereocenters. The second kappa shape index (κ2) is 7.78. The quantitative estimate of drug-likeness (QED) is 0.790. The standard InChI is InChI=1S/C16H20N4O3S/c1-3-20(13-7-5-4-6-8-13)24(22,23)14-9-10-15(18-11-14)19-12-16(21)17-2/h4-11H,3,12H2,1-2H3,(H,17,21)(H,18,19). The lowest BCUT2D eigenvalue weighted by Crippen LogP contribution is -2.31. The highest BCUT2D eigenvalue weighted by atomic mass is 32.2. The third-order valence-corrected chi connectivity index (χ3v) is 5.25. The van der Waals surface area contributed by atoms with E-state index in [1.807, 2.05) is 6.07 Å². The van der Waals surface area contributed by atoms with Crippen molar-refractivity contribution in [1.29, 1.82) is 0 Å². The average molecular weight is 348 g/mol. The molecule has 0 aliphatic carbocycles. The molecule has 7 nitrogen and oxygen atoms in total. The summed E-state index contributed by atoms with van der Waals surface area (Å²) in [6.07, 6.45) is 1.28. The van der Waals surface area contributed by atoms with Crippen molar-refractivity contribution in [2.45, 2.75) is 11.8 Å². The number of nitrogens with zero attached hydrogens (tertiary/aromatic N) is 2. The highest BCUT2D eigenvalue weighted by Crippen LogP contribution is 2.23. The molecule has 0 aliphatic rings. The second-order valence-corrected chi connectivity index (χ2v) is 6.77. The zero-order valence-electron chi connectivity index (χ0n) is 13.6. The van der Waals surface area contributed by atoms with Crippen molar-refractivity contribution in [3.05, 3.63) is 48.7 Å². The van der Waals surface area contributed by atoms with Gasteiger partial charge in [0.2, 0.25) is 5.91 Å². The van der Waals surface area contributed by atoms with E-state index in [2.05, 4.69) is 15.6 Å². The number of nitrogens with one attached hydrogen (secondary N) is 2. The lowest BCUT2D eigenvalue weighted by atomic mass is 10.3. The van der Waals surface area contributed by atoms with E-state index in [1.54, 1.807) is 31.2 Å². The number of hydrogen-bond donors (Lipinski definition) is 2. The predicted octanol–water partition coefficient (Wildman–Crippen LogP) is 1.45. The number of likely N-dealkylation sites (N-methyl/N-ethyl adjacent to an activating group) is 1. The van der Waals surface area contributed by atoms with Crippen LogP contribution in [-0.2, 0) is 14.8 Å². The van der Waals surface area contributed by atoms with Crippen LogP contribution in [0.1, 0.15) is 6.92 Å². The monoisotopic (exact) mass is 348 g/mol. The molecule has 1 aromatic carbocycles. The number of amides is 1. The average Bonchev–Trinajstić information content (AvgIpc) is 2.61. The van der Waals surface area contributed by atoms with Crippen molar-refractivity contribution in [3.8, 4) is 0 Å². The minimum absolute atomic E-state index is 0.0701. The molecule has 2 N–H and O–H groups in total. The number of sulfonamides is 1. The van der Waals surface area contributed by atoms with Gasteiger partial charge < -0.3 is 10.6 Å². The van der Waals surface area contributed by atoms with Crippen LogP contribution in [0, 0.1) is 0 Å². The Labute approximate surface area is 141 Å². The van der Waals surface area contributed by atoms with Crippen LogP contribution in [0.3, 0.4) is 0 Å². The highest BCUT2D eigenvalue weighted by Gasteiger charge is 2.23. The number of rotatable bonds is 7. The maximum absolute atomic E-state index is 12.8. The van der Waals surface area contributed by atoms with Crippen molar-refractivity contribution in [2.24, 2.45) is 0 Å². The van der Waals surface area contributed by atoms with Gasteiger partial charge in [0.05, 0.1) is 12.2 Å². The molecule has 0 bridgehead atoms. The van der Waals surface area contributed by atoms with Gasteiger partial charge in [0.15, 0.2) is 0 Å². The molecule has 2 rings (SSSR count). The summed E-state index contributed by atoms with van der Waals surface area (Å²) < 4.78 is 26.9. The summed E-state index contributed by atoms with van der Waals surface area (Å²) in [4.78, 5) is 15.4. The van der Waals surface area contributed by atoms with Crippen LogP contribution in [0.25, 0.3) is 0 Å². The molecule has 0 fully saturated rings. The van der Waals surface area contributed by atoms with Crippen LogP contribution in [-0.4, -0.2) is 39.4 Å². The normalized spacial score (nSPS) is 10.9. The number of aromatic nitrogens is 1. The molecule has 0 spiro atoms. The minimum atomic E-state index is -3.69. The molecular formula is C16H20N4O3S. The number of para-hydroxylation sites is 1.